The second-order valence-corrected chi connectivity index (χ2v) is 2.93. The number of halogens is 1. The molecule has 0 aliphatic rings. The van der Waals surface area contributed by atoms with Crippen LogP contribution in [0, 0.1) is 0 Å². The summed E-state index contributed by atoms with van der Waals surface area (Å²) in [5.74, 6) is -0.161. The molecule has 0 aliphatic carbocycles. The Balaban J connectivity index is 2.80. The van der Waals surface area contributed by atoms with E-state index in [4.69, 9.17) is 5.73 Å². The minimum atomic E-state index is -0.877. The lowest BCUT2D eigenvalue weighted by Gasteiger charge is -2.15. The first kappa shape index (κ1) is 9.20. The van der Waals surface area contributed by atoms with Crippen LogP contribution in [0.1, 0.15) is 18.4 Å². The minimum Gasteiger partial charge on any atom is -0.330 e. The highest BCUT2D eigenvalue weighted by Crippen LogP contribution is 2.19. The molecule has 1 aromatic carbocycles. The van der Waals surface area contributed by atoms with Gasteiger partial charge in [-0.1, -0.05) is 30.3 Å². The number of hydrogen-bond acceptors (Lipinski definition) is 1. The van der Waals surface area contributed by atoms with Crippen LogP contribution in [0.2, 0.25) is 0 Å². The van der Waals surface area contributed by atoms with E-state index in [0.717, 1.165) is 5.56 Å². The van der Waals surface area contributed by atoms with Gasteiger partial charge in [-0.2, -0.15) is 0 Å². The maximum atomic E-state index is 13.0. The fourth-order valence-corrected chi connectivity index (χ4v) is 1.29. The molecule has 0 fully saturated rings. The number of alkyl halides is 1. The van der Waals surface area contributed by atoms with E-state index < -0.39 is 6.17 Å². The van der Waals surface area contributed by atoms with Gasteiger partial charge in [0.2, 0.25) is 0 Å². The summed E-state index contributed by atoms with van der Waals surface area (Å²) in [6.45, 7) is 1.91. The summed E-state index contributed by atoms with van der Waals surface area (Å²) in [5.41, 5.74) is 6.45. The van der Waals surface area contributed by atoms with E-state index in [-0.39, 0.29) is 5.92 Å². The zero-order valence-electron chi connectivity index (χ0n) is 7.20. The second kappa shape index (κ2) is 4.21. The average Bonchev–Trinajstić information content (AvgIpc) is 2.07. The largest absolute Gasteiger partial charge is 0.330 e. The van der Waals surface area contributed by atoms with E-state index in [1.54, 1.807) is 6.92 Å². The van der Waals surface area contributed by atoms with Gasteiger partial charge < -0.3 is 5.73 Å². The highest BCUT2D eigenvalue weighted by molar-refractivity contribution is 5.20. The van der Waals surface area contributed by atoms with Crippen molar-refractivity contribution in [3.8, 4) is 0 Å². The molecule has 0 aromatic heterocycles. The molecule has 2 N–H and O–H groups in total. The molecule has 0 spiro atoms. The van der Waals surface area contributed by atoms with Crippen LogP contribution in [0.4, 0.5) is 4.39 Å². The highest BCUT2D eigenvalue weighted by atomic mass is 19.1. The van der Waals surface area contributed by atoms with E-state index in [2.05, 4.69) is 0 Å². The predicted octanol–water partition coefficient (Wildman–Crippen LogP) is 2.09. The van der Waals surface area contributed by atoms with Gasteiger partial charge in [-0.15, -0.1) is 0 Å². The molecule has 66 valence electrons. The van der Waals surface area contributed by atoms with E-state index in [0.29, 0.717) is 6.54 Å². The number of rotatable bonds is 3. The van der Waals surface area contributed by atoms with Crippen LogP contribution in [0.15, 0.2) is 30.3 Å². The smallest absolute Gasteiger partial charge is 0.105 e. The molecule has 0 saturated heterocycles. The molecule has 0 saturated carbocycles. The normalized spacial score (nSPS) is 15.6. The van der Waals surface area contributed by atoms with Gasteiger partial charge in [-0.3, -0.25) is 0 Å². The topological polar surface area (TPSA) is 26.0 Å². The first-order valence-electron chi connectivity index (χ1n) is 4.14. The third kappa shape index (κ3) is 2.05. The van der Waals surface area contributed by atoms with Gasteiger partial charge >= 0.3 is 0 Å². The molecule has 2 unspecified atom stereocenters. The molecule has 0 radical (unpaired) electrons. The van der Waals surface area contributed by atoms with Gasteiger partial charge in [0.25, 0.3) is 0 Å². The monoisotopic (exact) mass is 167 g/mol. The Morgan fingerprint density at radius 3 is 2.33 bits per heavy atom. The summed E-state index contributed by atoms with van der Waals surface area (Å²) in [6.07, 6.45) is -0.877. The van der Waals surface area contributed by atoms with Crippen molar-refractivity contribution in [2.45, 2.75) is 19.0 Å². The van der Waals surface area contributed by atoms with Crippen molar-refractivity contribution in [1.29, 1.82) is 0 Å². The third-order valence-corrected chi connectivity index (χ3v) is 2.04. The van der Waals surface area contributed by atoms with E-state index >= 15 is 0 Å². The molecule has 12 heavy (non-hydrogen) atoms. The quantitative estimate of drug-likeness (QED) is 0.733. The van der Waals surface area contributed by atoms with Crippen molar-refractivity contribution in [3.05, 3.63) is 35.9 Å². The van der Waals surface area contributed by atoms with Crippen molar-refractivity contribution in [1.82, 2.24) is 0 Å². The maximum Gasteiger partial charge on any atom is 0.105 e. The fourth-order valence-electron chi connectivity index (χ4n) is 1.29. The number of benzene rings is 1. The summed E-state index contributed by atoms with van der Waals surface area (Å²) in [4.78, 5) is 0. The standard InChI is InChI=1S/C10H14FN/c1-8(11)10(7-12)9-5-3-2-4-6-9/h2-6,8,10H,7,12H2,1H3. The van der Waals surface area contributed by atoms with Crippen LogP contribution in [0.25, 0.3) is 0 Å². The molecule has 0 heterocycles. The van der Waals surface area contributed by atoms with Crippen LogP contribution in [0.3, 0.4) is 0 Å². The van der Waals surface area contributed by atoms with Gasteiger partial charge in [-0.05, 0) is 12.5 Å². The third-order valence-electron chi connectivity index (χ3n) is 2.04. The van der Waals surface area contributed by atoms with Gasteiger partial charge in [0, 0.05) is 12.5 Å². The average molecular weight is 167 g/mol. The summed E-state index contributed by atoms with van der Waals surface area (Å²) in [7, 11) is 0. The van der Waals surface area contributed by atoms with Gasteiger partial charge in [-0.25, -0.2) is 4.39 Å². The van der Waals surface area contributed by atoms with E-state index in [1.807, 2.05) is 30.3 Å². The lowest BCUT2D eigenvalue weighted by molar-refractivity contribution is 0.308. The predicted molar refractivity (Wildman–Crippen MR) is 48.8 cm³/mol. The lowest BCUT2D eigenvalue weighted by atomic mass is 9.95. The molecule has 1 rings (SSSR count). The first-order valence-corrected chi connectivity index (χ1v) is 4.14. The summed E-state index contributed by atoms with van der Waals surface area (Å²) in [5, 5.41) is 0. The Bertz CT molecular complexity index is 221. The molecule has 0 amide bonds. The number of hydrogen-bond donors (Lipinski definition) is 1. The molecule has 1 nitrogen and oxygen atoms in total. The Labute approximate surface area is 72.4 Å². The fraction of sp³-hybridized carbons (Fsp3) is 0.400. The van der Waals surface area contributed by atoms with E-state index in [1.165, 1.54) is 0 Å². The minimum absolute atomic E-state index is 0.161. The van der Waals surface area contributed by atoms with Crippen LogP contribution >= 0.6 is 0 Å². The van der Waals surface area contributed by atoms with Gasteiger partial charge in [0.05, 0.1) is 0 Å². The van der Waals surface area contributed by atoms with Crippen molar-refractivity contribution in [2.75, 3.05) is 6.54 Å². The van der Waals surface area contributed by atoms with Gasteiger partial charge in [0.15, 0.2) is 0 Å². The van der Waals surface area contributed by atoms with E-state index in [9.17, 15) is 4.39 Å². The molecule has 0 bridgehead atoms. The SMILES string of the molecule is CC(F)C(CN)c1ccccc1. The van der Waals surface area contributed by atoms with Crippen LogP contribution in [-0.4, -0.2) is 12.7 Å². The molecular formula is C10H14FN. The van der Waals surface area contributed by atoms with Crippen LogP contribution in [-0.2, 0) is 0 Å². The van der Waals surface area contributed by atoms with Crippen LogP contribution in [0.5, 0.6) is 0 Å². The zero-order chi connectivity index (χ0) is 8.97. The molecule has 1 aromatic rings. The van der Waals surface area contributed by atoms with Crippen molar-refractivity contribution in [3.63, 3.8) is 0 Å². The van der Waals surface area contributed by atoms with Crippen molar-refractivity contribution >= 4 is 0 Å². The van der Waals surface area contributed by atoms with Gasteiger partial charge in [0.1, 0.15) is 6.17 Å². The van der Waals surface area contributed by atoms with Crippen molar-refractivity contribution < 1.29 is 4.39 Å². The van der Waals surface area contributed by atoms with Crippen LogP contribution < -0.4 is 5.73 Å². The highest BCUT2D eigenvalue weighted by Gasteiger charge is 2.15. The second-order valence-electron chi connectivity index (χ2n) is 2.93. The Morgan fingerprint density at radius 1 is 1.33 bits per heavy atom. The van der Waals surface area contributed by atoms with Crippen molar-refractivity contribution in [2.24, 2.45) is 5.73 Å². The Morgan fingerprint density at radius 2 is 1.92 bits per heavy atom. The summed E-state index contributed by atoms with van der Waals surface area (Å²) >= 11 is 0. The molecule has 2 heteroatoms. The summed E-state index contributed by atoms with van der Waals surface area (Å²) in [6, 6.07) is 9.54. The lowest BCUT2D eigenvalue weighted by Crippen LogP contribution is -2.20. The Hall–Kier alpha value is -0.890. The molecule has 0 aliphatic heterocycles. The zero-order valence-corrected chi connectivity index (χ0v) is 7.20. The number of nitrogens with two attached hydrogens (primary N) is 1. The first-order chi connectivity index (χ1) is 5.75. The molecular weight excluding hydrogens is 153 g/mol. The Kier molecular flexibility index (Phi) is 3.23. The summed E-state index contributed by atoms with van der Waals surface area (Å²) < 4.78 is 13.0. The molecule has 2 atom stereocenters. The maximum absolute atomic E-state index is 13.0.